The SMILES string of the molecule is CCN(CC)C(=O)c1ccc(C(=O)[Si](C)(C)C)cc1. The third-order valence-corrected chi connectivity index (χ3v) is 4.78. The lowest BCUT2D eigenvalue weighted by atomic mass is 10.1. The van der Waals surface area contributed by atoms with Gasteiger partial charge in [0.1, 0.15) is 13.5 Å². The number of hydrogen-bond donors (Lipinski definition) is 0. The van der Waals surface area contributed by atoms with Crippen LogP contribution in [0.1, 0.15) is 34.6 Å². The molecule has 1 amide bonds. The highest BCUT2D eigenvalue weighted by molar-refractivity contribution is 7.05. The zero-order valence-corrected chi connectivity index (χ0v) is 13.5. The van der Waals surface area contributed by atoms with E-state index in [1.165, 1.54) is 0 Å². The van der Waals surface area contributed by atoms with Gasteiger partial charge in [0.15, 0.2) is 0 Å². The van der Waals surface area contributed by atoms with E-state index in [9.17, 15) is 9.59 Å². The third-order valence-electron chi connectivity index (χ3n) is 3.13. The minimum atomic E-state index is -1.82. The van der Waals surface area contributed by atoms with Gasteiger partial charge < -0.3 is 9.69 Å². The van der Waals surface area contributed by atoms with Gasteiger partial charge in [-0.15, -0.1) is 0 Å². The lowest BCUT2D eigenvalue weighted by Crippen LogP contribution is -2.33. The number of nitrogens with zero attached hydrogens (tertiary/aromatic N) is 1. The summed E-state index contributed by atoms with van der Waals surface area (Å²) in [6, 6.07) is 7.07. The Kier molecular flexibility index (Phi) is 5.06. The van der Waals surface area contributed by atoms with Gasteiger partial charge in [-0.05, 0) is 26.0 Å². The fourth-order valence-electron chi connectivity index (χ4n) is 1.89. The second-order valence-electron chi connectivity index (χ2n) is 5.63. The van der Waals surface area contributed by atoms with Gasteiger partial charge in [-0.1, -0.05) is 31.8 Å². The molecule has 0 N–H and O–H groups in total. The molecule has 1 aromatic rings. The van der Waals surface area contributed by atoms with E-state index in [1.807, 2.05) is 33.5 Å². The number of carbonyl (C=O) groups excluding carboxylic acids is 2. The van der Waals surface area contributed by atoms with E-state index in [0.29, 0.717) is 18.7 Å². The number of benzene rings is 1. The summed E-state index contributed by atoms with van der Waals surface area (Å²) in [4.78, 5) is 26.1. The van der Waals surface area contributed by atoms with Crippen molar-refractivity contribution in [1.82, 2.24) is 4.90 Å². The van der Waals surface area contributed by atoms with Crippen molar-refractivity contribution in [2.75, 3.05) is 13.1 Å². The molecule has 0 saturated carbocycles. The molecular formula is C15H23NO2Si. The molecule has 0 aliphatic carbocycles. The molecule has 4 heteroatoms. The van der Waals surface area contributed by atoms with Crippen LogP contribution < -0.4 is 0 Å². The standard InChI is InChI=1S/C15H23NO2Si/c1-6-16(7-2)14(17)12-8-10-13(11-9-12)15(18)19(3,4)5/h8-11H,6-7H2,1-5H3. The zero-order valence-electron chi connectivity index (χ0n) is 12.5. The van der Waals surface area contributed by atoms with Crippen LogP contribution in [0.15, 0.2) is 24.3 Å². The predicted octanol–water partition coefficient (Wildman–Crippen LogP) is 3.23. The van der Waals surface area contributed by atoms with Gasteiger partial charge >= 0.3 is 0 Å². The first-order chi connectivity index (χ1) is 8.81. The predicted molar refractivity (Wildman–Crippen MR) is 81.4 cm³/mol. The van der Waals surface area contributed by atoms with Gasteiger partial charge in [-0.2, -0.15) is 0 Å². The van der Waals surface area contributed by atoms with E-state index in [1.54, 1.807) is 29.2 Å². The summed E-state index contributed by atoms with van der Waals surface area (Å²) in [5.74, 6) is 0.0250. The van der Waals surface area contributed by atoms with Gasteiger partial charge in [-0.25, -0.2) is 0 Å². The molecule has 0 atom stereocenters. The van der Waals surface area contributed by atoms with Gasteiger partial charge in [0.25, 0.3) is 5.91 Å². The smallest absolute Gasteiger partial charge is 0.253 e. The lowest BCUT2D eigenvalue weighted by Gasteiger charge is -2.19. The Morgan fingerprint density at radius 2 is 1.37 bits per heavy atom. The van der Waals surface area contributed by atoms with Crippen LogP contribution in [0.4, 0.5) is 0 Å². The van der Waals surface area contributed by atoms with E-state index in [-0.39, 0.29) is 11.3 Å². The van der Waals surface area contributed by atoms with Crippen LogP contribution in [-0.2, 0) is 0 Å². The highest BCUT2D eigenvalue weighted by Gasteiger charge is 2.25. The second kappa shape index (κ2) is 6.15. The molecule has 0 spiro atoms. The molecule has 104 valence electrons. The van der Waals surface area contributed by atoms with E-state index in [0.717, 1.165) is 5.56 Å². The molecule has 1 rings (SSSR count). The summed E-state index contributed by atoms with van der Waals surface area (Å²) in [6.45, 7) is 11.4. The maximum atomic E-state index is 12.2. The molecule has 0 radical (unpaired) electrons. The van der Waals surface area contributed by atoms with Crippen molar-refractivity contribution >= 4 is 19.4 Å². The molecule has 0 bridgehead atoms. The molecule has 0 saturated heterocycles. The third kappa shape index (κ3) is 3.77. The van der Waals surface area contributed by atoms with Crippen molar-refractivity contribution in [2.24, 2.45) is 0 Å². The van der Waals surface area contributed by atoms with Crippen LogP contribution in [0.5, 0.6) is 0 Å². The van der Waals surface area contributed by atoms with Crippen molar-refractivity contribution < 1.29 is 9.59 Å². The highest BCUT2D eigenvalue weighted by Crippen LogP contribution is 2.14. The summed E-state index contributed by atoms with van der Waals surface area (Å²) in [5.41, 5.74) is 1.37. The fourth-order valence-corrected chi connectivity index (χ4v) is 2.92. The van der Waals surface area contributed by atoms with Crippen LogP contribution in [0.3, 0.4) is 0 Å². The Bertz CT molecular complexity index is 456. The summed E-state index contributed by atoms with van der Waals surface area (Å²) in [7, 11) is -1.82. The largest absolute Gasteiger partial charge is 0.339 e. The first kappa shape index (κ1) is 15.6. The number of carbonyl (C=O) groups is 2. The van der Waals surface area contributed by atoms with Gasteiger partial charge in [0.05, 0.1) is 0 Å². The monoisotopic (exact) mass is 277 g/mol. The van der Waals surface area contributed by atoms with Crippen LogP contribution >= 0.6 is 0 Å². The molecule has 0 fully saturated rings. The molecule has 1 aromatic carbocycles. The van der Waals surface area contributed by atoms with Crippen molar-refractivity contribution in [3.63, 3.8) is 0 Å². The van der Waals surface area contributed by atoms with E-state index < -0.39 is 8.07 Å². The number of rotatable bonds is 5. The Morgan fingerprint density at radius 3 is 1.74 bits per heavy atom. The molecule has 0 aliphatic rings. The molecule has 0 heterocycles. The second-order valence-corrected chi connectivity index (χ2v) is 10.6. The summed E-state index contributed by atoms with van der Waals surface area (Å²) >= 11 is 0. The van der Waals surface area contributed by atoms with Crippen molar-refractivity contribution in [3.8, 4) is 0 Å². The van der Waals surface area contributed by atoms with Crippen LogP contribution in [0.2, 0.25) is 19.6 Å². The fraction of sp³-hybridized carbons (Fsp3) is 0.467. The molecule has 19 heavy (non-hydrogen) atoms. The highest BCUT2D eigenvalue weighted by atomic mass is 28.3. The molecule has 0 aliphatic heterocycles. The Morgan fingerprint density at radius 1 is 0.947 bits per heavy atom. The minimum Gasteiger partial charge on any atom is -0.339 e. The molecular weight excluding hydrogens is 254 g/mol. The van der Waals surface area contributed by atoms with E-state index in [2.05, 4.69) is 0 Å². The first-order valence-electron chi connectivity index (χ1n) is 6.75. The Hall–Kier alpha value is -1.42. The van der Waals surface area contributed by atoms with Crippen LogP contribution in [-0.4, -0.2) is 37.4 Å². The zero-order chi connectivity index (χ0) is 14.6. The first-order valence-corrected chi connectivity index (χ1v) is 10.2. The lowest BCUT2D eigenvalue weighted by molar-refractivity contribution is 0.0772. The van der Waals surface area contributed by atoms with Gasteiger partial charge in [0, 0.05) is 24.2 Å². The summed E-state index contributed by atoms with van der Waals surface area (Å²) in [5, 5.41) is 0.231. The summed E-state index contributed by atoms with van der Waals surface area (Å²) in [6.07, 6.45) is 0. The molecule has 0 unspecified atom stereocenters. The average molecular weight is 277 g/mol. The maximum Gasteiger partial charge on any atom is 0.253 e. The Balaban J connectivity index is 2.94. The van der Waals surface area contributed by atoms with E-state index in [4.69, 9.17) is 0 Å². The number of amides is 1. The van der Waals surface area contributed by atoms with Crippen LogP contribution in [0.25, 0.3) is 0 Å². The topological polar surface area (TPSA) is 37.4 Å². The van der Waals surface area contributed by atoms with Crippen LogP contribution in [0, 0.1) is 0 Å². The number of hydrogen-bond acceptors (Lipinski definition) is 2. The average Bonchev–Trinajstić information content (AvgIpc) is 2.38. The normalized spacial score (nSPS) is 11.2. The maximum absolute atomic E-state index is 12.2. The summed E-state index contributed by atoms with van der Waals surface area (Å²) < 4.78 is 0. The van der Waals surface area contributed by atoms with Crippen molar-refractivity contribution in [1.29, 1.82) is 0 Å². The van der Waals surface area contributed by atoms with Gasteiger partial charge in [0.2, 0.25) is 0 Å². The minimum absolute atomic E-state index is 0.0250. The molecule has 0 aromatic heterocycles. The Labute approximate surface area is 116 Å². The van der Waals surface area contributed by atoms with Crippen molar-refractivity contribution in [2.45, 2.75) is 33.5 Å². The van der Waals surface area contributed by atoms with E-state index >= 15 is 0 Å². The van der Waals surface area contributed by atoms with Gasteiger partial charge in [-0.3, -0.25) is 4.79 Å². The van der Waals surface area contributed by atoms with Crippen molar-refractivity contribution in [3.05, 3.63) is 35.4 Å². The quantitative estimate of drug-likeness (QED) is 0.775. The molecule has 3 nitrogen and oxygen atoms in total.